The largest absolute Gasteiger partial charge is 0.480 e. The summed E-state index contributed by atoms with van der Waals surface area (Å²) in [5, 5.41) is 11.3. The molecule has 0 aliphatic rings. The Hall–Kier alpha value is -0.710. The smallest absolute Gasteiger partial charge is 0.326 e. The Bertz CT molecular complexity index is 218. The lowest BCUT2D eigenvalue weighted by atomic mass is 10.0. The molecule has 0 fully saturated rings. The second kappa shape index (κ2) is 5.90. The number of carboxylic acid groups (broad SMARTS) is 1. The normalized spacial score (nSPS) is 14.9. The van der Waals surface area contributed by atoms with Gasteiger partial charge in [-0.3, -0.25) is 4.79 Å². The van der Waals surface area contributed by atoms with Crippen molar-refractivity contribution in [3.8, 4) is 0 Å². The summed E-state index contributed by atoms with van der Waals surface area (Å²) >= 11 is 3.97. The highest BCUT2D eigenvalue weighted by atomic mass is 32.1. The molecule has 0 heterocycles. The summed E-state index contributed by atoms with van der Waals surface area (Å²) in [7, 11) is 0. The molecule has 5 heteroatoms. The summed E-state index contributed by atoms with van der Waals surface area (Å²) in [6.07, 6.45) is 0. The molecule has 1 unspecified atom stereocenters. The van der Waals surface area contributed by atoms with E-state index in [2.05, 4.69) is 17.9 Å². The zero-order chi connectivity index (χ0) is 11.3. The molecule has 0 rings (SSSR count). The molecule has 82 valence electrons. The molecule has 0 radical (unpaired) electrons. The second-order valence-electron chi connectivity index (χ2n) is 3.65. The van der Waals surface area contributed by atoms with Gasteiger partial charge < -0.3 is 10.4 Å². The first kappa shape index (κ1) is 13.3. The van der Waals surface area contributed by atoms with Gasteiger partial charge in [0.15, 0.2) is 0 Å². The quantitative estimate of drug-likeness (QED) is 0.599. The molecule has 0 aliphatic carbocycles. The first-order valence-corrected chi connectivity index (χ1v) is 5.17. The van der Waals surface area contributed by atoms with Crippen molar-refractivity contribution in [2.45, 2.75) is 26.8 Å². The van der Waals surface area contributed by atoms with Crippen LogP contribution in [0.3, 0.4) is 0 Å². The average Bonchev–Trinajstić information content (AvgIpc) is 2.11. The number of aliphatic carboxylic acids is 1. The minimum Gasteiger partial charge on any atom is -0.480 e. The van der Waals surface area contributed by atoms with Gasteiger partial charge in [-0.15, -0.1) is 0 Å². The maximum Gasteiger partial charge on any atom is 0.326 e. The number of nitrogens with one attached hydrogen (secondary N) is 1. The standard InChI is InChI=1S/C9H17NO3S/c1-5(2)7(9(12)13)10-8(11)6(3)4-14/h5-7,14H,4H2,1-3H3,(H,10,11)(H,12,13)/t6?,7-/m0/s1. The molecule has 0 bridgehead atoms. The molecule has 1 amide bonds. The van der Waals surface area contributed by atoms with Gasteiger partial charge in [0.2, 0.25) is 5.91 Å². The minimum absolute atomic E-state index is 0.122. The number of carbonyl (C=O) groups excluding carboxylic acids is 1. The summed E-state index contributed by atoms with van der Waals surface area (Å²) in [6.45, 7) is 5.22. The number of carboxylic acids is 1. The van der Waals surface area contributed by atoms with Gasteiger partial charge in [0, 0.05) is 11.7 Å². The monoisotopic (exact) mass is 219 g/mol. The number of hydrogen-bond acceptors (Lipinski definition) is 3. The van der Waals surface area contributed by atoms with Crippen molar-refractivity contribution in [2.24, 2.45) is 11.8 Å². The van der Waals surface area contributed by atoms with Crippen LogP contribution in [0.1, 0.15) is 20.8 Å². The lowest BCUT2D eigenvalue weighted by Gasteiger charge is -2.19. The minimum atomic E-state index is -1.00. The van der Waals surface area contributed by atoms with Gasteiger partial charge in [-0.1, -0.05) is 20.8 Å². The third kappa shape index (κ3) is 4.00. The van der Waals surface area contributed by atoms with E-state index in [-0.39, 0.29) is 17.7 Å². The molecule has 4 nitrogen and oxygen atoms in total. The molecule has 0 aromatic heterocycles. The highest BCUT2D eigenvalue weighted by Crippen LogP contribution is 2.04. The number of amides is 1. The molecule has 0 saturated heterocycles. The van der Waals surface area contributed by atoms with E-state index in [0.717, 1.165) is 0 Å². The van der Waals surface area contributed by atoms with E-state index in [1.807, 2.05) is 0 Å². The van der Waals surface area contributed by atoms with E-state index in [9.17, 15) is 9.59 Å². The molecule has 0 saturated carbocycles. The van der Waals surface area contributed by atoms with Gasteiger partial charge >= 0.3 is 5.97 Å². The molecule has 0 aromatic carbocycles. The fraction of sp³-hybridized carbons (Fsp3) is 0.778. The lowest BCUT2D eigenvalue weighted by Crippen LogP contribution is -2.46. The first-order chi connectivity index (χ1) is 6.40. The Balaban J connectivity index is 4.31. The Kier molecular flexibility index (Phi) is 5.60. The van der Waals surface area contributed by atoms with E-state index in [0.29, 0.717) is 5.75 Å². The third-order valence-corrected chi connectivity index (χ3v) is 2.50. The van der Waals surface area contributed by atoms with Crippen LogP contribution in [0.4, 0.5) is 0 Å². The average molecular weight is 219 g/mol. The molecule has 0 aromatic rings. The van der Waals surface area contributed by atoms with E-state index >= 15 is 0 Å². The van der Waals surface area contributed by atoms with Crippen LogP contribution in [0.15, 0.2) is 0 Å². The van der Waals surface area contributed by atoms with Crippen LogP contribution in [-0.2, 0) is 9.59 Å². The number of rotatable bonds is 5. The lowest BCUT2D eigenvalue weighted by molar-refractivity contribution is -0.143. The zero-order valence-corrected chi connectivity index (χ0v) is 9.54. The van der Waals surface area contributed by atoms with Crippen molar-refractivity contribution in [2.75, 3.05) is 5.75 Å². The van der Waals surface area contributed by atoms with Crippen molar-refractivity contribution in [1.82, 2.24) is 5.32 Å². The van der Waals surface area contributed by atoms with Gasteiger partial charge in [-0.25, -0.2) is 4.79 Å². The zero-order valence-electron chi connectivity index (χ0n) is 8.65. The van der Waals surface area contributed by atoms with Crippen molar-refractivity contribution in [3.63, 3.8) is 0 Å². The number of carbonyl (C=O) groups is 2. The Morgan fingerprint density at radius 1 is 1.36 bits per heavy atom. The SMILES string of the molecule is CC(CS)C(=O)N[C@H](C(=O)O)C(C)C. The van der Waals surface area contributed by atoms with Gasteiger partial charge in [-0.2, -0.15) is 12.6 Å². The third-order valence-electron chi connectivity index (χ3n) is 1.95. The van der Waals surface area contributed by atoms with Gasteiger partial charge in [0.1, 0.15) is 6.04 Å². The molecular weight excluding hydrogens is 202 g/mol. The van der Waals surface area contributed by atoms with Crippen molar-refractivity contribution < 1.29 is 14.7 Å². The van der Waals surface area contributed by atoms with Gasteiger partial charge in [0.05, 0.1) is 0 Å². The predicted molar refractivity (Wildman–Crippen MR) is 57.4 cm³/mol. The van der Waals surface area contributed by atoms with Crippen LogP contribution < -0.4 is 5.32 Å². The van der Waals surface area contributed by atoms with Crippen LogP contribution in [0.5, 0.6) is 0 Å². The van der Waals surface area contributed by atoms with Crippen LogP contribution in [0.2, 0.25) is 0 Å². The highest BCUT2D eigenvalue weighted by molar-refractivity contribution is 7.80. The predicted octanol–water partition coefficient (Wildman–Crippen LogP) is 0.778. The maximum atomic E-state index is 11.4. The summed E-state index contributed by atoms with van der Waals surface area (Å²) in [5.41, 5.74) is 0. The van der Waals surface area contributed by atoms with Crippen LogP contribution >= 0.6 is 12.6 Å². The second-order valence-corrected chi connectivity index (χ2v) is 4.02. The maximum absolute atomic E-state index is 11.4. The fourth-order valence-corrected chi connectivity index (χ4v) is 1.06. The molecule has 14 heavy (non-hydrogen) atoms. The van der Waals surface area contributed by atoms with Crippen molar-refractivity contribution in [3.05, 3.63) is 0 Å². The van der Waals surface area contributed by atoms with Gasteiger partial charge in [-0.05, 0) is 5.92 Å². The summed E-state index contributed by atoms with van der Waals surface area (Å²) in [6, 6.07) is -0.815. The summed E-state index contributed by atoms with van der Waals surface area (Å²) < 4.78 is 0. The Labute approximate surface area is 89.5 Å². The first-order valence-electron chi connectivity index (χ1n) is 4.54. The van der Waals surface area contributed by atoms with E-state index in [4.69, 9.17) is 5.11 Å². The Morgan fingerprint density at radius 3 is 2.14 bits per heavy atom. The van der Waals surface area contributed by atoms with Crippen molar-refractivity contribution >= 4 is 24.5 Å². The molecule has 0 aliphatic heterocycles. The van der Waals surface area contributed by atoms with E-state index in [1.54, 1.807) is 20.8 Å². The Morgan fingerprint density at radius 2 is 1.86 bits per heavy atom. The highest BCUT2D eigenvalue weighted by Gasteiger charge is 2.24. The van der Waals surface area contributed by atoms with E-state index < -0.39 is 12.0 Å². The van der Waals surface area contributed by atoms with E-state index in [1.165, 1.54) is 0 Å². The number of hydrogen-bond donors (Lipinski definition) is 3. The van der Waals surface area contributed by atoms with Crippen LogP contribution in [0, 0.1) is 11.8 Å². The number of thiol groups is 1. The molecule has 2 N–H and O–H groups in total. The topological polar surface area (TPSA) is 66.4 Å². The summed E-state index contributed by atoms with van der Waals surface area (Å²) in [4.78, 5) is 22.1. The van der Waals surface area contributed by atoms with Crippen molar-refractivity contribution in [1.29, 1.82) is 0 Å². The van der Waals surface area contributed by atoms with Crippen LogP contribution in [-0.4, -0.2) is 28.8 Å². The molecule has 0 spiro atoms. The van der Waals surface area contributed by atoms with Crippen LogP contribution in [0.25, 0.3) is 0 Å². The fourth-order valence-electron chi connectivity index (χ4n) is 0.892. The molecule has 2 atom stereocenters. The molecular formula is C9H17NO3S. The summed E-state index contributed by atoms with van der Waals surface area (Å²) in [5.74, 6) is -1.24. The van der Waals surface area contributed by atoms with Gasteiger partial charge in [0.25, 0.3) is 0 Å².